The van der Waals surface area contributed by atoms with Crippen molar-refractivity contribution in [2.75, 3.05) is 6.61 Å². The first-order chi connectivity index (χ1) is 7.52. The Hall–Kier alpha value is -0.610. The van der Waals surface area contributed by atoms with E-state index in [1.165, 1.54) is 0 Å². The van der Waals surface area contributed by atoms with Gasteiger partial charge in [-0.1, -0.05) is 34.6 Å². The number of terminal acetylenes is 1. The van der Waals surface area contributed by atoms with E-state index in [9.17, 15) is 0 Å². The lowest BCUT2D eigenvalue weighted by Crippen LogP contribution is -2.08. The van der Waals surface area contributed by atoms with E-state index in [0.29, 0.717) is 0 Å². The second-order valence-corrected chi connectivity index (χ2v) is 4.22. The lowest BCUT2D eigenvalue weighted by molar-refractivity contribution is 0.197. The molecule has 0 aromatic carbocycles. The molecule has 2 heteroatoms. The Balaban J connectivity index is -0.000000181. The summed E-state index contributed by atoms with van der Waals surface area (Å²) < 4.78 is 5.12. The van der Waals surface area contributed by atoms with Crippen molar-refractivity contribution in [3.05, 3.63) is 11.8 Å². The fourth-order valence-corrected chi connectivity index (χ4v) is 0.985. The van der Waals surface area contributed by atoms with Crippen molar-refractivity contribution in [3.8, 4) is 12.8 Å². The summed E-state index contributed by atoms with van der Waals surface area (Å²) in [5.74, 6) is 1.79. The number of ether oxygens (including phenoxy) is 1. The Morgan fingerprint density at radius 1 is 1.31 bits per heavy atom. The molecule has 1 unspecified atom stereocenters. The van der Waals surface area contributed by atoms with Crippen LogP contribution in [0.15, 0.2) is 11.8 Å². The monoisotopic (exact) mass is 246 g/mol. The highest BCUT2D eigenvalue weighted by Gasteiger charge is 2.07. The van der Waals surface area contributed by atoms with Crippen molar-refractivity contribution in [1.29, 1.82) is 0 Å². The molecule has 0 fully saturated rings. The van der Waals surface area contributed by atoms with Gasteiger partial charge in [0.2, 0.25) is 0 Å². The van der Waals surface area contributed by atoms with Crippen LogP contribution < -0.4 is 0 Å². The third-order valence-electron chi connectivity index (χ3n) is 1.14. The van der Waals surface area contributed by atoms with Gasteiger partial charge in [0, 0.05) is 6.42 Å². The van der Waals surface area contributed by atoms with E-state index < -0.39 is 0 Å². The number of hydrogen-bond donors (Lipinski definition) is 0. The minimum absolute atomic E-state index is 0.198. The van der Waals surface area contributed by atoms with Crippen molar-refractivity contribution in [1.82, 2.24) is 0 Å². The maximum atomic E-state index is 5.76. The zero-order valence-corrected chi connectivity index (χ0v) is 12.3. The van der Waals surface area contributed by atoms with Gasteiger partial charge in [-0.05, 0) is 18.9 Å². The molecule has 1 rings (SSSR count). The molecule has 1 atom stereocenters. The normalized spacial score (nSPS) is 17.1. The Bertz CT molecular complexity index is 168. The molecule has 0 spiro atoms. The summed E-state index contributed by atoms with van der Waals surface area (Å²) in [4.78, 5) is 0. The summed E-state index contributed by atoms with van der Waals surface area (Å²) in [6, 6.07) is 0. The summed E-state index contributed by atoms with van der Waals surface area (Å²) in [7, 11) is 0. The summed E-state index contributed by atoms with van der Waals surface area (Å²) >= 11 is 5.76. The van der Waals surface area contributed by atoms with E-state index in [0.717, 1.165) is 24.7 Å². The van der Waals surface area contributed by atoms with Crippen molar-refractivity contribution in [3.63, 3.8) is 0 Å². The molecular weight excluding hydrogens is 220 g/mol. The predicted molar refractivity (Wildman–Crippen MR) is 75.7 cm³/mol. The Morgan fingerprint density at radius 2 is 1.69 bits per heavy atom. The quantitative estimate of drug-likeness (QED) is 0.438. The first kappa shape index (κ1) is 20.8. The number of allylic oxidation sites excluding steroid dienone is 2. The summed E-state index contributed by atoms with van der Waals surface area (Å²) in [5.41, 5.74) is 0. The standard InChI is InChI=1S/C6H9ClO.C4H10.C2H6.C2H2/c1-5-4-6(7)2-3-8-5;1-4(2)3;2*1-2/h4,6H,2-3H2,1H3;4H,1-3H3;1-2H3;1-2H. The number of rotatable bonds is 0. The van der Waals surface area contributed by atoms with Gasteiger partial charge in [-0.25, -0.2) is 0 Å². The van der Waals surface area contributed by atoms with E-state index in [4.69, 9.17) is 16.3 Å². The van der Waals surface area contributed by atoms with Crippen LogP contribution in [0.25, 0.3) is 0 Å². The molecule has 0 aliphatic carbocycles. The lowest BCUT2D eigenvalue weighted by atomic mass is 10.2. The Labute approximate surface area is 107 Å². The molecule has 0 saturated heterocycles. The first-order valence-corrected chi connectivity index (χ1v) is 6.24. The van der Waals surface area contributed by atoms with Gasteiger partial charge in [-0.3, -0.25) is 0 Å². The number of hydrogen-bond acceptors (Lipinski definition) is 1. The highest BCUT2D eigenvalue weighted by molar-refractivity contribution is 6.21. The molecule has 0 radical (unpaired) electrons. The molecule has 0 bridgehead atoms. The molecule has 1 aliphatic rings. The smallest absolute Gasteiger partial charge is 0.0903 e. The van der Waals surface area contributed by atoms with E-state index in [1.54, 1.807) is 0 Å². The van der Waals surface area contributed by atoms with Crippen LogP contribution in [0.2, 0.25) is 0 Å². The number of alkyl halides is 1. The van der Waals surface area contributed by atoms with Gasteiger partial charge in [-0.15, -0.1) is 24.4 Å². The van der Waals surface area contributed by atoms with Crippen LogP contribution in [-0.4, -0.2) is 12.0 Å². The van der Waals surface area contributed by atoms with Gasteiger partial charge < -0.3 is 4.74 Å². The van der Waals surface area contributed by atoms with Crippen LogP contribution in [0.4, 0.5) is 0 Å². The molecular formula is C14H27ClO. The highest BCUT2D eigenvalue weighted by atomic mass is 35.5. The zero-order chi connectivity index (χ0) is 13.6. The second kappa shape index (κ2) is 16.8. The SMILES string of the molecule is C#C.CC.CC(C)C.CC1=CC(Cl)CCO1. The van der Waals surface area contributed by atoms with Crippen LogP contribution in [0.3, 0.4) is 0 Å². The van der Waals surface area contributed by atoms with Crippen LogP contribution >= 0.6 is 11.6 Å². The van der Waals surface area contributed by atoms with Gasteiger partial charge in [0.1, 0.15) is 0 Å². The van der Waals surface area contributed by atoms with Crippen molar-refractivity contribution < 1.29 is 4.74 Å². The maximum Gasteiger partial charge on any atom is 0.0903 e. The average molecular weight is 247 g/mol. The summed E-state index contributed by atoms with van der Waals surface area (Å²) in [6.45, 7) is 13.2. The van der Waals surface area contributed by atoms with Crippen LogP contribution in [0.1, 0.15) is 48.0 Å². The minimum atomic E-state index is 0.198. The van der Waals surface area contributed by atoms with Crippen molar-refractivity contribution in [2.24, 2.45) is 5.92 Å². The molecule has 16 heavy (non-hydrogen) atoms. The van der Waals surface area contributed by atoms with Gasteiger partial charge in [0.05, 0.1) is 17.7 Å². The second-order valence-electron chi connectivity index (χ2n) is 3.66. The van der Waals surface area contributed by atoms with Gasteiger partial charge >= 0.3 is 0 Å². The van der Waals surface area contributed by atoms with E-state index in [-0.39, 0.29) is 5.38 Å². The largest absolute Gasteiger partial charge is 0.498 e. The van der Waals surface area contributed by atoms with Crippen molar-refractivity contribution >= 4 is 11.6 Å². The van der Waals surface area contributed by atoms with Gasteiger partial charge in [0.25, 0.3) is 0 Å². The van der Waals surface area contributed by atoms with Crippen LogP contribution in [0, 0.1) is 18.8 Å². The summed E-state index contributed by atoms with van der Waals surface area (Å²) in [6.07, 6.45) is 10.9. The zero-order valence-electron chi connectivity index (χ0n) is 11.6. The van der Waals surface area contributed by atoms with Gasteiger partial charge in [0.15, 0.2) is 0 Å². The molecule has 0 aromatic rings. The van der Waals surface area contributed by atoms with E-state index >= 15 is 0 Å². The third-order valence-corrected chi connectivity index (χ3v) is 1.48. The van der Waals surface area contributed by atoms with E-state index in [2.05, 4.69) is 33.6 Å². The van der Waals surface area contributed by atoms with E-state index in [1.807, 2.05) is 26.8 Å². The fourth-order valence-electron chi connectivity index (χ4n) is 0.719. The predicted octanol–water partition coefficient (Wildman–Crippen LogP) is 4.86. The first-order valence-electron chi connectivity index (χ1n) is 5.81. The maximum absolute atomic E-state index is 5.76. The highest BCUT2D eigenvalue weighted by Crippen LogP contribution is 2.14. The van der Waals surface area contributed by atoms with Crippen molar-refractivity contribution in [2.45, 2.75) is 53.3 Å². The van der Waals surface area contributed by atoms with Crippen LogP contribution in [-0.2, 0) is 4.74 Å². The Kier molecular flexibility index (Phi) is 21.8. The molecule has 0 N–H and O–H groups in total. The molecule has 1 aliphatic heterocycles. The minimum Gasteiger partial charge on any atom is -0.498 e. The number of halogens is 1. The molecule has 1 nitrogen and oxygen atoms in total. The molecule has 0 amide bonds. The third kappa shape index (κ3) is 23.3. The lowest BCUT2D eigenvalue weighted by Gasteiger charge is -2.14. The average Bonchev–Trinajstić information content (AvgIpc) is 2.22. The molecule has 1 heterocycles. The van der Waals surface area contributed by atoms with Gasteiger partial charge in [-0.2, -0.15) is 0 Å². The molecule has 96 valence electrons. The topological polar surface area (TPSA) is 9.23 Å². The molecule has 0 aromatic heterocycles. The van der Waals surface area contributed by atoms with Crippen LogP contribution in [0.5, 0.6) is 0 Å². The molecule has 0 saturated carbocycles. The summed E-state index contributed by atoms with van der Waals surface area (Å²) in [5, 5.41) is 0.198. The fraction of sp³-hybridized carbons (Fsp3) is 0.714. The Morgan fingerprint density at radius 3 is 1.88 bits per heavy atom.